The van der Waals surface area contributed by atoms with Gasteiger partial charge in [-0.1, -0.05) is 6.07 Å². The maximum atomic E-state index is 11.9. The molecule has 0 aliphatic heterocycles. The van der Waals surface area contributed by atoms with Gasteiger partial charge in [-0.05, 0) is 30.9 Å². The largest absolute Gasteiger partial charge is 0.364 e. The van der Waals surface area contributed by atoms with Gasteiger partial charge < -0.3 is 5.32 Å². The molecular weight excluding hydrogens is 186 g/mol. The van der Waals surface area contributed by atoms with E-state index in [1.54, 1.807) is 6.07 Å². The van der Waals surface area contributed by atoms with Crippen LogP contribution in [0.15, 0.2) is 12.1 Å². The van der Waals surface area contributed by atoms with Gasteiger partial charge in [0.15, 0.2) is 0 Å². The summed E-state index contributed by atoms with van der Waals surface area (Å²) in [7, 11) is 0. The Bertz CT molecular complexity index is 326. The lowest BCUT2D eigenvalue weighted by Gasteiger charge is -2.06. The molecule has 0 saturated carbocycles. The zero-order chi connectivity index (χ0) is 9.97. The molecule has 0 aromatic carbocycles. The van der Waals surface area contributed by atoms with Crippen molar-refractivity contribution in [3.05, 3.63) is 23.4 Å². The molecule has 0 unspecified atom stereocenters. The number of aromatic nitrogens is 1. The Hall–Kier alpha value is -1.19. The van der Waals surface area contributed by atoms with Crippen LogP contribution in [0.2, 0.25) is 0 Å². The van der Waals surface area contributed by atoms with Gasteiger partial charge in [-0.3, -0.25) is 0 Å². The summed E-state index contributed by atoms with van der Waals surface area (Å²) >= 11 is 0. The SMILES string of the molecule is FC(F)CNc1ccc2c(n1)CCC2. The lowest BCUT2D eigenvalue weighted by atomic mass is 10.2. The summed E-state index contributed by atoms with van der Waals surface area (Å²) in [6.45, 7) is -0.328. The van der Waals surface area contributed by atoms with Gasteiger partial charge in [-0.2, -0.15) is 0 Å². The highest BCUT2D eigenvalue weighted by atomic mass is 19.3. The third-order valence-corrected chi connectivity index (χ3v) is 2.37. The molecule has 2 nitrogen and oxygen atoms in total. The third kappa shape index (κ3) is 2.00. The smallest absolute Gasteiger partial charge is 0.255 e. The fraction of sp³-hybridized carbons (Fsp3) is 0.500. The van der Waals surface area contributed by atoms with E-state index in [9.17, 15) is 8.78 Å². The molecule has 1 aliphatic carbocycles. The molecule has 4 heteroatoms. The van der Waals surface area contributed by atoms with Gasteiger partial charge in [0.2, 0.25) is 0 Å². The molecule has 1 heterocycles. The average molecular weight is 198 g/mol. The van der Waals surface area contributed by atoms with E-state index in [0.29, 0.717) is 5.82 Å². The molecule has 0 amide bonds. The number of anilines is 1. The maximum absolute atomic E-state index is 11.9. The molecule has 0 radical (unpaired) electrons. The number of hydrogen-bond acceptors (Lipinski definition) is 2. The Balaban J connectivity index is 2.05. The molecule has 0 fully saturated rings. The van der Waals surface area contributed by atoms with E-state index in [0.717, 1.165) is 25.0 Å². The van der Waals surface area contributed by atoms with Crippen LogP contribution in [0, 0.1) is 0 Å². The lowest BCUT2D eigenvalue weighted by Crippen LogP contribution is -2.11. The number of pyridine rings is 1. The number of hydrogen-bond donors (Lipinski definition) is 1. The molecule has 1 aromatic heterocycles. The molecule has 0 atom stereocenters. The second-order valence-corrected chi connectivity index (χ2v) is 3.43. The van der Waals surface area contributed by atoms with Crippen LogP contribution in [-0.2, 0) is 12.8 Å². The minimum absolute atomic E-state index is 0.328. The summed E-state index contributed by atoms with van der Waals surface area (Å²) < 4.78 is 23.8. The molecule has 14 heavy (non-hydrogen) atoms. The first-order valence-corrected chi connectivity index (χ1v) is 4.76. The van der Waals surface area contributed by atoms with Crippen molar-refractivity contribution < 1.29 is 8.78 Å². The predicted molar refractivity (Wildman–Crippen MR) is 50.8 cm³/mol. The van der Waals surface area contributed by atoms with Gasteiger partial charge in [0.25, 0.3) is 6.43 Å². The van der Waals surface area contributed by atoms with Crippen molar-refractivity contribution in [2.75, 3.05) is 11.9 Å². The Labute approximate surface area is 81.4 Å². The summed E-state index contributed by atoms with van der Waals surface area (Å²) in [6.07, 6.45) is 0.836. The minimum Gasteiger partial charge on any atom is -0.364 e. The van der Waals surface area contributed by atoms with Crippen molar-refractivity contribution in [2.45, 2.75) is 25.7 Å². The quantitative estimate of drug-likeness (QED) is 0.805. The molecule has 0 bridgehead atoms. The van der Waals surface area contributed by atoms with E-state index in [1.807, 2.05) is 6.07 Å². The molecule has 0 saturated heterocycles. The van der Waals surface area contributed by atoms with Crippen molar-refractivity contribution >= 4 is 5.82 Å². The van der Waals surface area contributed by atoms with Crippen LogP contribution in [0.4, 0.5) is 14.6 Å². The Morgan fingerprint density at radius 2 is 2.21 bits per heavy atom. The first kappa shape index (κ1) is 9.37. The first-order chi connectivity index (χ1) is 6.75. The highest BCUT2D eigenvalue weighted by molar-refractivity contribution is 5.40. The molecular formula is C10H12F2N2. The number of rotatable bonds is 3. The number of alkyl halides is 2. The summed E-state index contributed by atoms with van der Waals surface area (Å²) in [5.41, 5.74) is 2.32. The lowest BCUT2D eigenvalue weighted by molar-refractivity contribution is 0.163. The van der Waals surface area contributed by atoms with Crippen LogP contribution in [-0.4, -0.2) is 18.0 Å². The van der Waals surface area contributed by atoms with E-state index in [1.165, 1.54) is 5.56 Å². The fourth-order valence-corrected chi connectivity index (χ4v) is 1.70. The number of nitrogens with zero attached hydrogens (tertiary/aromatic N) is 1. The second-order valence-electron chi connectivity index (χ2n) is 3.43. The van der Waals surface area contributed by atoms with Crippen LogP contribution >= 0.6 is 0 Å². The summed E-state index contributed by atoms with van der Waals surface area (Å²) in [5, 5.41) is 2.61. The highest BCUT2D eigenvalue weighted by Crippen LogP contribution is 2.21. The molecule has 1 aromatic rings. The van der Waals surface area contributed by atoms with Crippen molar-refractivity contribution in [3.63, 3.8) is 0 Å². The minimum atomic E-state index is -2.33. The van der Waals surface area contributed by atoms with Crippen LogP contribution in [0.25, 0.3) is 0 Å². The van der Waals surface area contributed by atoms with Crippen molar-refractivity contribution in [3.8, 4) is 0 Å². The van der Waals surface area contributed by atoms with E-state index < -0.39 is 6.43 Å². The molecule has 2 rings (SSSR count). The third-order valence-electron chi connectivity index (χ3n) is 2.37. The molecule has 1 N–H and O–H groups in total. The Morgan fingerprint density at radius 1 is 1.36 bits per heavy atom. The zero-order valence-electron chi connectivity index (χ0n) is 7.76. The molecule has 1 aliphatic rings. The van der Waals surface area contributed by atoms with Crippen molar-refractivity contribution in [2.24, 2.45) is 0 Å². The van der Waals surface area contributed by atoms with Crippen LogP contribution in [0.1, 0.15) is 17.7 Å². The summed E-state index contributed by atoms with van der Waals surface area (Å²) in [4.78, 5) is 4.28. The first-order valence-electron chi connectivity index (χ1n) is 4.76. The molecule has 76 valence electrons. The van der Waals surface area contributed by atoms with Gasteiger partial charge >= 0.3 is 0 Å². The van der Waals surface area contributed by atoms with Gasteiger partial charge in [0.05, 0.1) is 6.54 Å². The average Bonchev–Trinajstić information content (AvgIpc) is 2.61. The topological polar surface area (TPSA) is 24.9 Å². The standard InChI is InChI=1S/C10H12F2N2/c11-9(12)6-13-10-5-4-7-2-1-3-8(7)14-10/h4-5,9H,1-3,6H2,(H,13,14). The van der Waals surface area contributed by atoms with Crippen LogP contribution < -0.4 is 5.32 Å². The molecule has 0 spiro atoms. The Morgan fingerprint density at radius 3 is 3.00 bits per heavy atom. The number of fused-ring (bicyclic) bond motifs is 1. The number of nitrogens with one attached hydrogen (secondary N) is 1. The van der Waals surface area contributed by atoms with E-state index in [4.69, 9.17) is 0 Å². The monoisotopic (exact) mass is 198 g/mol. The summed E-state index contributed by atoms with van der Waals surface area (Å²) in [6, 6.07) is 3.75. The van der Waals surface area contributed by atoms with E-state index in [2.05, 4.69) is 10.3 Å². The number of aryl methyl sites for hydroxylation is 2. The van der Waals surface area contributed by atoms with Crippen LogP contribution in [0.3, 0.4) is 0 Å². The fourth-order valence-electron chi connectivity index (χ4n) is 1.70. The van der Waals surface area contributed by atoms with E-state index >= 15 is 0 Å². The van der Waals surface area contributed by atoms with Crippen molar-refractivity contribution in [1.29, 1.82) is 0 Å². The van der Waals surface area contributed by atoms with Crippen LogP contribution in [0.5, 0.6) is 0 Å². The van der Waals surface area contributed by atoms with Crippen molar-refractivity contribution in [1.82, 2.24) is 4.98 Å². The van der Waals surface area contributed by atoms with E-state index in [-0.39, 0.29) is 6.54 Å². The van der Waals surface area contributed by atoms with Gasteiger partial charge in [0, 0.05) is 5.69 Å². The van der Waals surface area contributed by atoms with Gasteiger partial charge in [-0.15, -0.1) is 0 Å². The second kappa shape index (κ2) is 3.90. The van der Waals surface area contributed by atoms with Gasteiger partial charge in [0.1, 0.15) is 5.82 Å². The Kier molecular flexibility index (Phi) is 2.61. The normalized spacial score (nSPS) is 14.5. The van der Waals surface area contributed by atoms with Gasteiger partial charge in [-0.25, -0.2) is 13.8 Å². The summed E-state index contributed by atoms with van der Waals surface area (Å²) in [5.74, 6) is 0.561. The highest BCUT2D eigenvalue weighted by Gasteiger charge is 2.12. The number of halogens is 2. The zero-order valence-corrected chi connectivity index (χ0v) is 7.76. The predicted octanol–water partition coefficient (Wildman–Crippen LogP) is 2.25. The maximum Gasteiger partial charge on any atom is 0.255 e.